The molecular formula is C7H12N4S. The van der Waals surface area contributed by atoms with Crippen LogP contribution in [0.3, 0.4) is 0 Å². The fourth-order valence-electron chi connectivity index (χ4n) is 0.699. The van der Waals surface area contributed by atoms with Crippen LogP contribution < -0.4 is 11.3 Å². The molecule has 66 valence electrons. The molecule has 3 N–H and O–H groups in total. The molecule has 0 aliphatic rings. The highest BCUT2D eigenvalue weighted by atomic mass is 32.2. The molecule has 5 heteroatoms. The average molecular weight is 184 g/mol. The molecule has 0 bridgehead atoms. The Morgan fingerprint density at radius 2 is 2.50 bits per heavy atom. The van der Waals surface area contributed by atoms with Gasteiger partial charge in [0.25, 0.3) is 0 Å². The summed E-state index contributed by atoms with van der Waals surface area (Å²) in [5, 5.41) is 0.958. The minimum Gasteiger partial charge on any atom is -0.292 e. The van der Waals surface area contributed by atoms with Crippen LogP contribution >= 0.6 is 11.8 Å². The van der Waals surface area contributed by atoms with Crippen LogP contribution in [0.5, 0.6) is 0 Å². The normalized spacial score (nSPS) is 9.83. The molecule has 0 aliphatic heterocycles. The van der Waals surface area contributed by atoms with Gasteiger partial charge in [0.05, 0.1) is 0 Å². The van der Waals surface area contributed by atoms with Crippen molar-refractivity contribution >= 4 is 17.7 Å². The lowest BCUT2D eigenvalue weighted by atomic mass is 10.6. The molecule has 1 heterocycles. The second kappa shape index (κ2) is 4.95. The van der Waals surface area contributed by atoms with E-state index in [1.165, 1.54) is 0 Å². The number of hydrogen-bond donors (Lipinski definition) is 2. The molecule has 0 amide bonds. The van der Waals surface area contributed by atoms with Crippen LogP contribution in [0, 0.1) is 0 Å². The van der Waals surface area contributed by atoms with Crippen molar-refractivity contribution < 1.29 is 0 Å². The molecule has 0 fully saturated rings. The topological polar surface area (TPSA) is 63.8 Å². The number of aromatic nitrogens is 2. The molecule has 0 saturated heterocycles. The maximum Gasteiger partial charge on any atom is 0.238 e. The van der Waals surface area contributed by atoms with Crippen molar-refractivity contribution in [3.8, 4) is 0 Å². The molecule has 0 radical (unpaired) electrons. The third-order valence-electron chi connectivity index (χ3n) is 1.21. The van der Waals surface area contributed by atoms with Crippen molar-refractivity contribution in [3.63, 3.8) is 0 Å². The minimum atomic E-state index is 0.469. The van der Waals surface area contributed by atoms with Crippen molar-refractivity contribution in [2.45, 2.75) is 18.4 Å². The van der Waals surface area contributed by atoms with E-state index in [2.05, 4.69) is 22.3 Å². The molecule has 12 heavy (non-hydrogen) atoms. The van der Waals surface area contributed by atoms with Gasteiger partial charge in [-0.1, -0.05) is 6.92 Å². The molecular weight excluding hydrogens is 172 g/mol. The molecule has 1 rings (SSSR count). The van der Waals surface area contributed by atoms with E-state index in [-0.39, 0.29) is 0 Å². The van der Waals surface area contributed by atoms with Gasteiger partial charge >= 0.3 is 0 Å². The van der Waals surface area contributed by atoms with Crippen LogP contribution in [0.15, 0.2) is 17.3 Å². The largest absolute Gasteiger partial charge is 0.292 e. The number of anilines is 1. The zero-order valence-corrected chi connectivity index (χ0v) is 7.77. The molecule has 0 unspecified atom stereocenters. The molecule has 0 aromatic carbocycles. The van der Waals surface area contributed by atoms with Crippen molar-refractivity contribution in [1.82, 2.24) is 9.97 Å². The highest BCUT2D eigenvalue weighted by Crippen LogP contribution is 2.15. The number of nitrogens with one attached hydrogen (secondary N) is 1. The Morgan fingerprint density at radius 3 is 3.17 bits per heavy atom. The van der Waals surface area contributed by atoms with Crippen molar-refractivity contribution in [3.05, 3.63) is 12.3 Å². The summed E-state index contributed by atoms with van der Waals surface area (Å²) in [6.45, 7) is 2.14. The summed E-state index contributed by atoms with van der Waals surface area (Å²) in [5.74, 6) is 6.70. The Bertz CT molecular complexity index is 241. The lowest BCUT2D eigenvalue weighted by molar-refractivity contribution is 1.02. The Morgan fingerprint density at radius 1 is 1.67 bits per heavy atom. The van der Waals surface area contributed by atoms with Gasteiger partial charge < -0.3 is 0 Å². The van der Waals surface area contributed by atoms with Crippen LogP contribution in [0.4, 0.5) is 5.95 Å². The monoisotopic (exact) mass is 184 g/mol. The third-order valence-corrected chi connectivity index (χ3v) is 2.35. The van der Waals surface area contributed by atoms with Gasteiger partial charge in [0.2, 0.25) is 5.95 Å². The Balaban J connectivity index is 2.60. The van der Waals surface area contributed by atoms with Gasteiger partial charge in [0.1, 0.15) is 5.03 Å². The lowest BCUT2D eigenvalue weighted by Gasteiger charge is -2.00. The van der Waals surface area contributed by atoms with Gasteiger partial charge in [-0.15, -0.1) is 11.8 Å². The number of thioether (sulfide) groups is 1. The average Bonchev–Trinajstić information content (AvgIpc) is 2.15. The van der Waals surface area contributed by atoms with E-state index in [9.17, 15) is 0 Å². The van der Waals surface area contributed by atoms with Gasteiger partial charge in [-0.2, -0.15) is 0 Å². The fourth-order valence-corrected chi connectivity index (χ4v) is 1.42. The minimum absolute atomic E-state index is 0.469. The summed E-state index contributed by atoms with van der Waals surface area (Å²) in [6, 6.07) is 1.88. The highest BCUT2D eigenvalue weighted by Gasteiger charge is 1.96. The maximum atomic E-state index is 5.16. The van der Waals surface area contributed by atoms with Crippen LogP contribution in [0.1, 0.15) is 13.3 Å². The number of nitrogens with zero attached hydrogens (tertiary/aromatic N) is 2. The lowest BCUT2D eigenvalue weighted by Crippen LogP contribution is -2.10. The molecule has 0 aliphatic carbocycles. The second-order valence-electron chi connectivity index (χ2n) is 2.21. The predicted octanol–water partition coefficient (Wildman–Crippen LogP) is 1.26. The Labute approximate surface area is 75.9 Å². The first kappa shape index (κ1) is 9.28. The van der Waals surface area contributed by atoms with Gasteiger partial charge in [0, 0.05) is 6.20 Å². The molecule has 4 nitrogen and oxygen atoms in total. The summed E-state index contributed by atoms with van der Waals surface area (Å²) < 4.78 is 0. The quantitative estimate of drug-likeness (QED) is 0.319. The standard InChI is InChI=1S/C7H12N4S/c1-2-5-12-6-3-4-9-7(10-6)11-8/h3-4H,2,5,8H2,1H3,(H,9,10,11). The van der Waals surface area contributed by atoms with E-state index < -0.39 is 0 Å². The van der Waals surface area contributed by atoms with Crippen LogP contribution in [-0.4, -0.2) is 15.7 Å². The second-order valence-corrected chi connectivity index (χ2v) is 3.33. The van der Waals surface area contributed by atoms with Crippen LogP contribution in [-0.2, 0) is 0 Å². The molecule has 0 saturated carbocycles. The maximum absolute atomic E-state index is 5.16. The first-order chi connectivity index (χ1) is 5.86. The Hall–Kier alpha value is -0.810. The molecule has 0 atom stereocenters. The van der Waals surface area contributed by atoms with E-state index in [4.69, 9.17) is 5.84 Å². The number of hydrogen-bond acceptors (Lipinski definition) is 5. The summed E-state index contributed by atoms with van der Waals surface area (Å²) in [6.07, 6.45) is 2.83. The van der Waals surface area contributed by atoms with Crippen molar-refractivity contribution in [1.29, 1.82) is 0 Å². The van der Waals surface area contributed by atoms with E-state index >= 15 is 0 Å². The fraction of sp³-hybridized carbons (Fsp3) is 0.429. The number of nitrogen functional groups attached to an aromatic ring is 1. The van der Waals surface area contributed by atoms with E-state index in [1.54, 1.807) is 18.0 Å². The van der Waals surface area contributed by atoms with Gasteiger partial charge in [0.15, 0.2) is 0 Å². The summed E-state index contributed by atoms with van der Waals surface area (Å²) >= 11 is 1.70. The molecule has 1 aromatic heterocycles. The number of nitrogens with two attached hydrogens (primary N) is 1. The van der Waals surface area contributed by atoms with Crippen LogP contribution in [0.25, 0.3) is 0 Å². The number of hydrazine groups is 1. The van der Waals surface area contributed by atoms with E-state index in [1.807, 2.05) is 6.07 Å². The zero-order valence-electron chi connectivity index (χ0n) is 6.95. The van der Waals surface area contributed by atoms with Crippen molar-refractivity contribution in [2.24, 2.45) is 5.84 Å². The van der Waals surface area contributed by atoms with E-state index in [0.717, 1.165) is 17.2 Å². The highest BCUT2D eigenvalue weighted by molar-refractivity contribution is 7.99. The van der Waals surface area contributed by atoms with Gasteiger partial charge in [-0.05, 0) is 18.2 Å². The summed E-state index contributed by atoms with van der Waals surface area (Å²) in [4.78, 5) is 8.05. The SMILES string of the molecule is CCCSc1ccnc(NN)n1. The third kappa shape index (κ3) is 2.67. The summed E-state index contributed by atoms with van der Waals surface area (Å²) in [5.41, 5.74) is 2.41. The van der Waals surface area contributed by atoms with E-state index in [0.29, 0.717) is 5.95 Å². The predicted molar refractivity (Wildman–Crippen MR) is 50.9 cm³/mol. The van der Waals surface area contributed by atoms with Gasteiger partial charge in [-0.25, -0.2) is 15.8 Å². The van der Waals surface area contributed by atoms with Crippen LogP contribution in [0.2, 0.25) is 0 Å². The molecule has 0 spiro atoms. The smallest absolute Gasteiger partial charge is 0.238 e. The molecule has 1 aromatic rings. The Kier molecular flexibility index (Phi) is 3.83. The van der Waals surface area contributed by atoms with Gasteiger partial charge in [-0.3, -0.25) is 5.43 Å². The first-order valence-corrected chi connectivity index (χ1v) is 4.78. The first-order valence-electron chi connectivity index (χ1n) is 3.79. The van der Waals surface area contributed by atoms with Crippen molar-refractivity contribution in [2.75, 3.05) is 11.2 Å². The number of rotatable bonds is 4. The zero-order chi connectivity index (χ0) is 8.81. The summed E-state index contributed by atoms with van der Waals surface area (Å²) in [7, 11) is 0.